The second kappa shape index (κ2) is 7.06. The molecule has 3 nitrogen and oxygen atoms in total. The first-order valence-electron chi connectivity index (χ1n) is 6.46. The molecule has 106 valence electrons. The molecule has 0 aliphatic rings. The largest absolute Gasteiger partial charge is 0.495 e. The van der Waals surface area contributed by atoms with E-state index in [1.54, 1.807) is 7.11 Å². The van der Waals surface area contributed by atoms with Gasteiger partial charge in [0, 0.05) is 11.6 Å². The van der Waals surface area contributed by atoms with Gasteiger partial charge >= 0.3 is 0 Å². The van der Waals surface area contributed by atoms with Crippen molar-refractivity contribution in [1.82, 2.24) is 0 Å². The smallest absolute Gasteiger partial charge is 0.141 e. The molecule has 0 radical (unpaired) electrons. The lowest BCUT2D eigenvalue weighted by Crippen LogP contribution is -2.12. The average molecular weight is 292 g/mol. The van der Waals surface area contributed by atoms with Crippen LogP contribution in [0.5, 0.6) is 11.5 Å². The van der Waals surface area contributed by atoms with Crippen LogP contribution in [0.2, 0.25) is 5.02 Å². The number of benzene rings is 2. The summed E-state index contributed by atoms with van der Waals surface area (Å²) < 4.78 is 10.9. The highest BCUT2D eigenvalue weighted by atomic mass is 35.5. The summed E-state index contributed by atoms with van der Waals surface area (Å²) in [6.07, 6.45) is 0. The van der Waals surface area contributed by atoms with Gasteiger partial charge in [-0.25, -0.2) is 0 Å². The highest BCUT2D eigenvalue weighted by molar-refractivity contribution is 6.31. The molecule has 0 fully saturated rings. The van der Waals surface area contributed by atoms with E-state index in [0.717, 1.165) is 27.8 Å². The van der Waals surface area contributed by atoms with Gasteiger partial charge in [0.25, 0.3) is 0 Å². The SMILES string of the molecule is COc1ccccc1NCCOc1ccc(Cl)c(C)c1. The Morgan fingerprint density at radius 2 is 1.95 bits per heavy atom. The molecule has 2 aromatic rings. The van der Waals surface area contributed by atoms with Crippen molar-refractivity contribution in [2.24, 2.45) is 0 Å². The maximum Gasteiger partial charge on any atom is 0.141 e. The van der Waals surface area contributed by atoms with Crippen LogP contribution in [0.1, 0.15) is 5.56 Å². The molecule has 0 aromatic heterocycles. The van der Waals surface area contributed by atoms with E-state index in [2.05, 4.69) is 5.32 Å². The van der Waals surface area contributed by atoms with Crippen molar-refractivity contribution in [3.63, 3.8) is 0 Å². The predicted molar refractivity (Wildman–Crippen MR) is 83.2 cm³/mol. The lowest BCUT2D eigenvalue weighted by Gasteiger charge is -2.12. The van der Waals surface area contributed by atoms with Crippen LogP contribution >= 0.6 is 11.6 Å². The zero-order chi connectivity index (χ0) is 14.4. The van der Waals surface area contributed by atoms with Crippen LogP contribution in [-0.2, 0) is 0 Å². The molecule has 0 heterocycles. The molecule has 0 bridgehead atoms. The number of ether oxygens (including phenoxy) is 2. The fourth-order valence-corrected chi connectivity index (χ4v) is 1.97. The third-order valence-corrected chi connectivity index (χ3v) is 3.35. The van der Waals surface area contributed by atoms with Crippen LogP contribution in [0.3, 0.4) is 0 Å². The van der Waals surface area contributed by atoms with E-state index in [1.165, 1.54) is 0 Å². The van der Waals surface area contributed by atoms with Crippen LogP contribution < -0.4 is 14.8 Å². The Balaban J connectivity index is 1.83. The van der Waals surface area contributed by atoms with Gasteiger partial charge in [-0.15, -0.1) is 0 Å². The topological polar surface area (TPSA) is 30.5 Å². The first-order chi connectivity index (χ1) is 9.70. The molecule has 0 saturated heterocycles. The van der Waals surface area contributed by atoms with Crippen LogP contribution in [0, 0.1) is 6.92 Å². The summed E-state index contributed by atoms with van der Waals surface area (Å²) in [6, 6.07) is 13.5. The standard InChI is InChI=1S/C16H18ClNO2/c1-12-11-13(7-8-14(12)17)20-10-9-18-15-5-3-4-6-16(15)19-2/h3-8,11,18H,9-10H2,1-2H3. The van der Waals surface area contributed by atoms with Crippen molar-refractivity contribution in [2.75, 3.05) is 25.6 Å². The monoisotopic (exact) mass is 291 g/mol. The minimum atomic E-state index is 0.569. The second-order valence-electron chi connectivity index (χ2n) is 4.39. The number of methoxy groups -OCH3 is 1. The number of para-hydroxylation sites is 2. The quantitative estimate of drug-likeness (QED) is 0.811. The average Bonchev–Trinajstić information content (AvgIpc) is 2.47. The van der Waals surface area contributed by atoms with E-state index in [4.69, 9.17) is 21.1 Å². The minimum absolute atomic E-state index is 0.569. The molecule has 0 aliphatic carbocycles. The van der Waals surface area contributed by atoms with Gasteiger partial charge in [-0.3, -0.25) is 0 Å². The zero-order valence-electron chi connectivity index (χ0n) is 11.7. The fourth-order valence-electron chi connectivity index (χ4n) is 1.85. The van der Waals surface area contributed by atoms with E-state index in [0.29, 0.717) is 13.2 Å². The Bertz CT molecular complexity index is 572. The number of halogens is 1. The van der Waals surface area contributed by atoms with E-state index >= 15 is 0 Å². The highest BCUT2D eigenvalue weighted by Crippen LogP contribution is 2.23. The normalized spacial score (nSPS) is 10.2. The summed E-state index contributed by atoms with van der Waals surface area (Å²) in [4.78, 5) is 0. The molecule has 0 aliphatic heterocycles. The van der Waals surface area contributed by atoms with Gasteiger partial charge in [-0.2, -0.15) is 0 Å². The summed E-state index contributed by atoms with van der Waals surface area (Å²) in [5.74, 6) is 1.66. The van der Waals surface area contributed by atoms with Gasteiger partial charge in [-0.1, -0.05) is 23.7 Å². The van der Waals surface area contributed by atoms with Crippen molar-refractivity contribution >= 4 is 17.3 Å². The lowest BCUT2D eigenvalue weighted by atomic mass is 10.2. The molecule has 0 amide bonds. The molecule has 20 heavy (non-hydrogen) atoms. The van der Waals surface area contributed by atoms with Gasteiger partial charge < -0.3 is 14.8 Å². The van der Waals surface area contributed by atoms with E-state index in [9.17, 15) is 0 Å². The van der Waals surface area contributed by atoms with Crippen molar-refractivity contribution < 1.29 is 9.47 Å². The molecule has 2 rings (SSSR count). The molecule has 0 spiro atoms. The molecule has 2 aromatic carbocycles. The number of anilines is 1. The van der Waals surface area contributed by atoms with Crippen LogP contribution in [0.15, 0.2) is 42.5 Å². The Morgan fingerprint density at radius 3 is 2.70 bits per heavy atom. The van der Waals surface area contributed by atoms with E-state index in [-0.39, 0.29) is 0 Å². The highest BCUT2D eigenvalue weighted by Gasteiger charge is 2.01. The van der Waals surface area contributed by atoms with Gasteiger partial charge in [0.05, 0.1) is 12.8 Å². The number of hydrogen-bond acceptors (Lipinski definition) is 3. The van der Waals surface area contributed by atoms with Gasteiger partial charge in [0.15, 0.2) is 0 Å². The minimum Gasteiger partial charge on any atom is -0.495 e. The lowest BCUT2D eigenvalue weighted by molar-refractivity contribution is 0.332. The van der Waals surface area contributed by atoms with E-state index < -0.39 is 0 Å². The van der Waals surface area contributed by atoms with Crippen molar-refractivity contribution in [2.45, 2.75) is 6.92 Å². The Hall–Kier alpha value is -1.87. The van der Waals surface area contributed by atoms with Crippen LogP contribution in [0.25, 0.3) is 0 Å². The number of rotatable bonds is 6. The zero-order valence-corrected chi connectivity index (χ0v) is 12.4. The third-order valence-electron chi connectivity index (χ3n) is 2.92. The van der Waals surface area contributed by atoms with Gasteiger partial charge in [0.1, 0.15) is 18.1 Å². The van der Waals surface area contributed by atoms with Crippen LogP contribution in [0.4, 0.5) is 5.69 Å². The predicted octanol–water partition coefficient (Wildman–Crippen LogP) is 4.15. The number of hydrogen-bond donors (Lipinski definition) is 1. The summed E-state index contributed by atoms with van der Waals surface area (Å²) in [7, 11) is 1.66. The first-order valence-corrected chi connectivity index (χ1v) is 6.84. The summed E-state index contributed by atoms with van der Waals surface area (Å²) in [5.41, 5.74) is 1.98. The summed E-state index contributed by atoms with van der Waals surface area (Å²) in [5, 5.41) is 4.04. The maximum atomic E-state index is 5.97. The molecule has 4 heteroatoms. The summed E-state index contributed by atoms with van der Waals surface area (Å²) >= 11 is 5.97. The second-order valence-corrected chi connectivity index (χ2v) is 4.79. The third kappa shape index (κ3) is 3.81. The number of nitrogens with one attached hydrogen (secondary N) is 1. The number of aryl methyl sites for hydroxylation is 1. The maximum absolute atomic E-state index is 5.97. The molecule has 0 saturated carbocycles. The van der Waals surface area contributed by atoms with Crippen molar-refractivity contribution in [3.05, 3.63) is 53.1 Å². The van der Waals surface area contributed by atoms with E-state index in [1.807, 2.05) is 49.4 Å². The van der Waals surface area contributed by atoms with Gasteiger partial charge in [-0.05, 0) is 42.8 Å². The fraction of sp³-hybridized carbons (Fsp3) is 0.250. The Morgan fingerprint density at radius 1 is 1.15 bits per heavy atom. The molecular weight excluding hydrogens is 274 g/mol. The van der Waals surface area contributed by atoms with Crippen molar-refractivity contribution in [1.29, 1.82) is 0 Å². The van der Waals surface area contributed by atoms with Gasteiger partial charge in [0.2, 0.25) is 0 Å². The molecule has 0 unspecified atom stereocenters. The van der Waals surface area contributed by atoms with Crippen LogP contribution in [-0.4, -0.2) is 20.3 Å². The molecular formula is C16H18ClNO2. The molecule has 0 atom stereocenters. The Kier molecular flexibility index (Phi) is 5.13. The molecule has 1 N–H and O–H groups in total. The first kappa shape index (κ1) is 14.5. The Labute approximate surface area is 124 Å². The van der Waals surface area contributed by atoms with Crippen molar-refractivity contribution in [3.8, 4) is 11.5 Å². The summed E-state index contributed by atoms with van der Waals surface area (Å²) in [6.45, 7) is 3.23.